The maximum Gasteiger partial charge on any atom is 0.207 e. The second kappa shape index (κ2) is 5.14. The van der Waals surface area contributed by atoms with Crippen LogP contribution in [0, 0.1) is 0 Å². The Morgan fingerprint density at radius 3 is 2.62 bits per heavy atom. The molecular weight excluding hydrogens is 204 g/mol. The molecule has 0 aliphatic heterocycles. The van der Waals surface area contributed by atoms with E-state index in [4.69, 9.17) is 15.5 Å². The Labute approximate surface area is 93.6 Å². The van der Waals surface area contributed by atoms with Gasteiger partial charge < -0.3 is 10.6 Å². The molecule has 4 heteroatoms. The number of pyridine rings is 1. The van der Waals surface area contributed by atoms with Crippen molar-refractivity contribution in [2.24, 2.45) is 0 Å². The fraction of sp³-hybridized carbons (Fsp3) is 0.0833. The Kier molecular flexibility index (Phi) is 3.35. The van der Waals surface area contributed by atoms with Crippen LogP contribution in [0.5, 0.6) is 5.75 Å². The van der Waals surface area contributed by atoms with Gasteiger partial charge in [0.2, 0.25) is 5.75 Å². The number of aromatic nitrogens is 1. The molecule has 4 nitrogen and oxygen atoms in total. The van der Waals surface area contributed by atoms with Crippen LogP contribution in [0.25, 0.3) is 0 Å². The summed E-state index contributed by atoms with van der Waals surface area (Å²) in [5, 5.41) is 0. The van der Waals surface area contributed by atoms with Crippen molar-refractivity contribution in [3.8, 4) is 5.75 Å². The number of anilines is 1. The van der Waals surface area contributed by atoms with Crippen molar-refractivity contribution < 1.29 is 9.78 Å². The molecule has 0 spiro atoms. The summed E-state index contributed by atoms with van der Waals surface area (Å²) in [6.45, 7) is 0.370. The molecule has 0 fully saturated rings. The van der Waals surface area contributed by atoms with Crippen molar-refractivity contribution in [2.45, 2.75) is 6.61 Å². The number of hydrogen-bond donors (Lipinski definition) is 1. The van der Waals surface area contributed by atoms with E-state index in [1.54, 1.807) is 18.3 Å². The lowest BCUT2D eigenvalue weighted by Gasteiger charge is -2.06. The van der Waals surface area contributed by atoms with Gasteiger partial charge in [0.25, 0.3) is 0 Å². The van der Waals surface area contributed by atoms with Gasteiger partial charge in [0.1, 0.15) is 6.61 Å². The third-order valence-corrected chi connectivity index (χ3v) is 2.02. The smallest absolute Gasteiger partial charge is 0.207 e. The van der Waals surface area contributed by atoms with E-state index in [1.165, 1.54) is 0 Å². The van der Waals surface area contributed by atoms with E-state index in [-0.39, 0.29) is 0 Å². The summed E-state index contributed by atoms with van der Waals surface area (Å²) >= 11 is 0. The SMILES string of the molecule is Nc1ncccc1OOCc1ccccc1. The van der Waals surface area contributed by atoms with E-state index in [0.717, 1.165) is 5.56 Å². The zero-order valence-corrected chi connectivity index (χ0v) is 8.67. The van der Waals surface area contributed by atoms with Gasteiger partial charge in [0, 0.05) is 6.20 Å². The quantitative estimate of drug-likeness (QED) is 0.628. The molecular formula is C12H12N2O2. The Morgan fingerprint density at radius 1 is 1.06 bits per heavy atom. The van der Waals surface area contributed by atoms with Crippen molar-refractivity contribution in [3.63, 3.8) is 0 Å². The number of benzene rings is 1. The molecule has 0 unspecified atom stereocenters. The van der Waals surface area contributed by atoms with Crippen LogP contribution >= 0.6 is 0 Å². The summed E-state index contributed by atoms with van der Waals surface area (Å²) < 4.78 is 0. The molecule has 0 aliphatic rings. The predicted octanol–water partition coefficient (Wildman–Crippen LogP) is 2.17. The molecule has 0 aliphatic carbocycles. The monoisotopic (exact) mass is 216 g/mol. The summed E-state index contributed by atoms with van der Waals surface area (Å²) in [4.78, 5) is 14.0. The molecule has 0 atom stereocenters. The number of nitrogens with zero attached hydrogens (tertiary/aromatic N) is 1. The van der Waals surface area contributed by atoms with Gasteiger partial charge in [0.05, 0.1) is 0 Å². The second-order valence-corrected chi connectivity index (χ2v) is 3.22. The third kappa shape index (κ3) is 2.71. The molecule has 0 saturated carbocycles. The summed E-state index contributed by atoms with van der Waals surface area (Å²) in [5.41, 5.74) is 6.62. The van der Waals surface area contributed by atoms with Gasteiger partial charge in [-0.3, -0.25) is 0 Å². The minimum atomic E-state index is 0.315. The highest BCUT2D eigenvalue weighted by atomic mass is 17.2. The van der Waals surface area contributed by atoms with E-state index in [1.807, 2.05) is 30.3 Å². The van der Waals surface area contributed by atoms with Gasteiger partial charge in [-0.1, -0.05) is 30.3 Å². The third-order valence-electron chi connectivity index (χ3n) is 2.02. The van der Waals surface area contributed by atoms with Crippen molar-refractivity contribution in [2.75, 3.05) is 5.73 Å². The lowest BCUT2D eigenvalue weighted by molar-refractivity contribution is -0.217. The van der Waals surface area contributed by atoms with Gasteiger partial charge in [-0.05, 0) is 17.7 Å². The van der Waals surface area contributed by atoms with E-state index in [2.05, 4.69) is 4.98 Å². The largest absolute Gasteiger partial charge is 0.380 e. The first kappa shape index (κ1) is 10.4. The Hall–Kier alpha value is -2.07. The minimum Gasteiger partial charge on any atom is -0.380 e. The first-order chi connectivity index (χ1) is 7.86. The second-order valence-electron chi connectivity index (χ2n) is 3.22. The number of rotatable bonds is 4. The Bertz CT molecular complexity index is 446. The van der Waals surface area contributed by atoms with Crippen molar-refractivity contribution >= 4 is 5.82 Å². The van der Waals surface area contributed by atoms with E-state index < -0.39 is 0 Å². The van der Waals surface area contributed by atoms with E-state index in [0.29, 0.717) is 18.2 Å². The van der Waals surface area contributed by atoms with Crippen LogP contribution in [-0.4, -0.2) is 4.98 Å². The topological polar surface area (TPSA) is 57.4 Å². The fourth-order valence-corrected chi connectivity index (χ4v) is 1.21. The normalized spacial score (nSPS) is 10.0. The molecule has 2 N–H and O–H groups in total. The number of nitrogen functional groups attached to an aromatic ring is 1. The van der Waals surface area contributed by atoms with Crippen LogP contribution in [-0.2, 0) is 11.5 Å². The fourth-order valence-electron chi connectivity index (χ4n) is 1.21. The highest BCUT2D eigenvalue weighted by molar-refractivity contribution is 5.44. The summed E-state index contributed by atoms with van der Waals surface area (Å²) in [6, 6.07) is 13.2. The molecule has 0 radical (unpaired) electrons. The highest BCUT2D eigenvalue weighted by Crippen LogP contribution is 2.17. The van der Waals surface area contributed by atoms with Crippen molar-refractivity contribution in [1.29, 1.82) is 0 Å². The highest BCUT2D eigenvalue weighted by Gasteiger charge is 2.00. The van der Waals surface area contributed by atoms with Crippen LogP contribution in [0.1, 0.15) is 5.56 Å². The molecule has 1 aromatic heterocycles. The molecule has 82 valence electrons. The molecule has 16 heavy (non-hydrogen) atoms. The lowest BCUT2D eigenvalue weighted by atomic mass is 10.2. The van der Waals surface area contributed by atoms with Gasteiger partial charge in [-0.2, -0.15) is 4.89 Å². The van der Waals surface area contributed by atoms with Gasteiger partial charge in [0.15, 0.2) is 5.82 Å². The van der Waals surface area contributed by atoms with Crippen LogP contribution in [0.2, 0.25) is 0 Å². The molecule has 0 amide bonds. The standard InChI is InChI=1S/C12H12N2O2/c13-12-11(7-4-8-14-12)16-15-9-10-5-2-1-3-6-10/h1-8H,9H2,(H2,13,14). The molecule has 0 bridgehead atoms. The first-order valence-corrected chi connectivity index (χ1v) is 4.90. The van der Waals surface area contributed by atoms with Crippen LogP contribution in [0.3, 0.4) is 0 Å². The zero-order chi connectivity index (χ0) is 11.2. The Balaban J connectivity index is 1.87. The average Bonchev–Trinajstić information content (AvgIpc) is 2.33. The van der Waals surface area contributed by atoms with E-state index >= 15 is 0 Å². The lowest BCUT2D eigenvalue weighted by Crippen LogP contribution is -2.01. The average molecular weight is 216 g/mol. The van der Waals surface area contributed by atoms with Crippen molar-refractivity contribution in [3.05, 3.63) is 54.2 Å². The van der Waals surface area contributed by atoms with Crippen LogP contribution in [0.4, 0.5) is 5.82 Å². The van der Waals surface area contributed by atoms with Gasteiger partial charge in [-0.25, -0.2) is 4.98 Å². The molecule has 1 heterocycles. The summed E-state index contributed by atoms with van der Waals surface area (Å²) in [7, 11) is 0. The zero-order valence-electron chi connectivity index (χ0n) is 8.67. The first-order valence-electron chi connectivity index (χ1n) is 4.90. The number of nitrogens with two attached hydrogens (primary N) is 1. The molecule has 2 aromatic rings. The molecule has 1 aromatic carbocycles. The maximum absolute atomic E-state index is 5.58. The van der Waals surface area contributed by atoms with Gasteiger partial charge >= 0.3 is 0 Å². The number of hydrogen-bond acceptors (Lipinski definition) is 4. The van der Waals surface area contributed by atoms with Crippen LogP contribution in [0.15, 0.2) is 48.7 Å². The van der Waals surface area contributed by atoms with E-state index in [9.17, 15) is 0 Å². The summed E-state index contributed by atoms with van der Waals surface area (Å²) in [6.07, 6.45) is 1.60. The Morgan fingerprint density at radius 2 is 1.88 bits per heavy atom. The molecule has 2 rings (SSSR count). The predicted molar refractivity (Wildman–Crippen MR) is 60.5 cm³/mol. The van der Waals surface area contributed by atoms with Crippen molar-refractivity contribution in [1.82, 2.24) is 4.98 Å². The van der Waals surface area contributed by atoms with Crippen LogP contribution < -0.4 is 10.6 Å². The minimum absolute atomic E-state index is 0.315. The summed E-state index contributed by atoms with van der Waals surface area (Å²) in [5.74, 6) is 0.744. The maximum atomic E-state index is 5.58. The van der Waals surface area contributed by atoms with Gasteiger partial charge in [-0.15, -0.1) is 0 Å². The molecule has 0 saturated heterocycles.